The number of carbonyl (C=O) groups excluding carboxylic acids is 2. The highest BCUT2D eigenvalue weighted by Gasteiger charge is 2.20. The molecule has 0 spiro atoms. The van der Waals surface area contributed by atoms with Crippen LogP contribution in [0.15, 0.2) is 59.5 Å². The molecule has 0 amide bonds. The zero-order valence-electron chi connectivity index (χ0n) is 17.5. The van der Waals surface area contributed by atoms with Crippen LogP contribution < -0.4 is 0 Å². The van der Waals surface area contributed by atoms with Crippen molar-refractivity contribution in [1.82, 2.24) is 4.31 Å². The van der Waals surface area contributed by atoms with Gasteiger partial charge in [0.05, 0.1) is 4.90 Å². The minimum Gasteiger partial charge on any atom is -0.454 e. The van der Waals surface area contributed by atoms with Crippen LogP contribution in [0.25, 0.3) is 6.08 Å². The lowest BCUT2D eigenvalue weighted by atomic mass is 10.1. The first-order chi connectivity index (χ1) is 14.3. The van der Waals surface area contributed by atoms with Gasteiger partial charge in [-0.1, -0.05) is 57.2 Å². The van der Waals surface area contributed by atoms with Gasteiger partial charge in [0, 0.05) is 24.7 Å². The maximum atomic E-state index is 12.5. The van der Waals surface area contributed by atoms with Crippen LogP contribution in [0.2, 0.25) is 0 Å². The van der Waals surface area contributed by atoms with Crippen LogP contribution in [-0.4, -0.2) is 44.2 Å². The van der Waals surface area contributed by atoms with Gasteiger partial charge in [0.2, 0.25) is 10.0 Å². The van der Waals surface area contributed by atoms with Gasteiger partial charge in [-0.25, -0.2) is 13.2 Å². The standard InChI is InChI=1S/C23H27NO5S/c1-4-18-7-12-20(13-8-18)22(25)17-29-23(26)16-11-19-9-14-21(15-10-19)30(27,28)24(5-2)6-3/h7-16H,4-6,17H2,1-3H3. The van der Waals surface area contributed by atoms with Crippen molar-refractivity contribution in [3.05, 3.63) is 71.3 Å². The number of hydrogen-bond acceptors (Lipinski definition) is 5. The van der Waals surface area contributed by atoms with E-state index in [9.17, 15) is 18.0 Å². The number of benzene rings is 2. The van der Waals surface area contributed by atoms with Crippen molar-refractivity contribution in [3.8, 4) is 0 Å². The van der Waals surface area contributed by atoms with E-state index in [4.69, 9.17) is 4.74 Å². The molecule has 2 rings (SSSR count). The third kappa shape index (κ3) is 6.11. The van der Waals surface area contributed by atoms with Gasteiger partial charge in [-0.2, -0.15) is 4.31 Å². The van der Waals surface area contributed by atoms with Crippen molar-refractivity contribution in [2.45, 2.75) is 32.1 Å². The molecule has 0 atom stereocenters. The van der Waals surface area contributed by atoms with Gasteiger partial charge in [-0.05, 0) is 35.8 Å². The Balaban J connectivity index is 1.93. The summed E-state index contributed by atoms with van der Waals surface area (Å²) in [7, 11) is -3.52. The Bertz CT molecular complexity index is 989. The van der Waals surface area contributed by atoms with Crippen LogP contribution in [0.4, 0.5) is 0 Å². The molecule has 2 aromatic rings. The molecule has 7 heteroatoms. The summed E-state index contributed by atoms with van der Waals surface area (Å²) in [5.41, 5.74) is 2.27. The second-order valence-electron chi connectivity index (χ2n) is 6.57. The Morgan fingerprint density at radius 1 is 0.933 bits per heavy atom. The van der Waals surface area contributed by atoms with Crippen molar-refractivity contribution < 1.29 is 22.7 Å². The number of nitrogens with zero attached hydrogens (tertiary/aromatic N) is 1. The molecule has 0 aliphatic rings. The van der Waals surface area contributed by atoms with Gasteiger partial charge in [0.25, 0.3) is 0 Å². The Morgan fingerprint density at radius 2 is 1.53 bits per heavy atom. The van der Waals surface area contributed by atoms with Crippen molar-refractivity contribution in [2.24, 2.45) is 0 Å². The molecule has 0 aromatic heterocycles. The lowest BCUT2D eigenvalue weighted by Crippen LogP contribution is -2.30. The van der Waals surface area contributed by atoms with Gasteiger partial charge in [0.15, 0.2) is 12.4 Å². The maximum Gasteiger partial charge on any atom is 0.331 e. The third-order valence-electron chi connectivity index (χ3n) is 4.66. The number of Topliss-reactive ketones (excluding diaryl/α,β-unsaturated/α-hetero) is 1. The van der Waals surface area contributed by atoms with E-state index in [0.29, 0.717) is 24.2 Å². The summed E-state index contributed by atoms with van der Waals surface area (Å²) in [6, 6.07) is 13.4. The molecular formula is C23H27NO5S. The molecule has 0 radical (unpaired) electrons. The first-order valence-corrected chi connectivity index (χ1v) is 11.3. The maximum absolute atomic E-state index is 12.5. The molecule has 0 unspecified atom stereocenters. The second kappa shape index (κ2) is 10.8. The van der Waals surface area contributed by atoms with Crippen molar-refractivity contribution in [1.29, 1.82) is 0 Å². The molecule has 160 valence electrons. The molecule has 2 aromatic carbocycles. The van der Waals surface area contributed by atoms with E-state index >= 15 is 0 Å². The van der Waals surface area contributed by atoms with E-state index in [1.54, 1.807) is 38.1 Å². The summed E-state index contributed by atoms with van der Waals surface area (Å²) in [6.45, 7) is 6.06. The van der Waals surface area contributed by atoms with E-state index in [0.717, 1.165) is 12.0 Å². The van der Waals surface area contributed by atoms with Crippen molar-refractivity contribution in [3.63, 3.8) is 0 Å². The smallest absolute Gasteiger partial charge is 0.331 e. The monoisotopic (exact) mass is 429 g/mol. The topological polar surface area (TPSA) is 80.8 Å². The number of carbonyl (C=O) groups is 2. The predicted octanol–water partition coefficient (Wildman–Crippen LogP) is 3.72. The summed E-state index contributed by atoms with van der Waals surface area (Å²) >= 11 is 0. The number of aryl methyl sites for hydroxylation is 1. The minimum atomic E-state index is -3.52. The Hall–Kier alpha value is -2.77. The summed E-state index contributed by atoms with van der Waals surface area (Å²) < 4.78 is 31.3. The van der Waals surface area contributed by atoms with E-state index in [2.05, 4.69) is 0 Å². The van der Waals surface area contributed by atoms with Crippen LogP contribution in [0.1, 0.15) is 42.3 Å². The van der Waals surface area contributed by atoms with Gasteiger partial charge in [0.1, 0.15) is 0 Å². The summed E-state index contributed by atoms with van der Waals surface area (Å²) in [5, 5.41) is 0. The lowest BCUT2D eigenvalue weighted by Gasteiger charge is -2.18. The predicted molar refractivity (Wildman–Crippen MR) is 117 cm³/mol. The quantitative estimate of drug-likeness (QED) is 0.327. The number of rotatable bonds is 10. The molecule has 6 nitrogen and oxygen atoms in total. The van der Waals surface area contributed by atoms with E-state index < -0.39 is 16.0 Å². The first-order valence-electron chi connectivity index (χ1n) is 9.89. The van der Waals surface area contributed by atoms with E-state index in [-0.39, 0.29) is 17.3 Å². The van der Waals surface area contributed by atoms with E-state index in [1.807, 2.05) is 19.1 Å². The van der Waals surface area contributed by atoms with Crippen LogP contribution in [-0.2, 0) is 26.0 Å². The zero-order chi connectivity index (χ0) is 22.1. The van der Waals surface area contributed by atoms with Gasteiger partial charge >= 0.3 is 5.97 Å². The Labute approximate surface area is 178 Å². The molecule has 0 saturated heterocycles. The lowest BCUT2D eigenvalue weighted by molar-refractivity contribution is -0.136. The molecule has 0 saturated carbocycles. The van der Waals surface area contributed by atoms with Crippen LogP contribution in [0.5, 0.6) is 0 Å². The largest absolute Gasteiger partial charge is 0.454 e. The molecular weight excluding hydrogens is 402 g/mol. The van der Waals surface area contributed by atoms with Gasteiger partial charge < -0.3 is 4.74 Å². The average Bonchev–Trinajstić information content (AvgIpc) is 2.77. The van der Waals surface area contributed by atoms with Crippen molar-refractivity contribution >= 4 is 27.9 Å². The normalized spacial score (nSPS) is 11.7. The summed E-state index contributed by atoms with van der Waals surface area (Å²) in [4.78, 5) is 24.2. The summed E-state index contributed by atoms with van der Waals surface area (Å²) in [6.07, 6.45) is 3.61. The van der Waals surface area contributed by atoms with E-state index in [1.165, 1.54) is 28.6 Å². The highest BCUT2D eigenvalue weighted by molar-refractivity contribution is 7.89. The average molecular weight is 430 g/mol. The number of ketones is 1. The Morgan fingerprint density at radius 3 is 2.07 bits per heavy atom. The van der Waals surface area contributed by atoms with Crippen LogP contribution in [0, 0.1) is 0 Å². The number of hydrogen-bond donors (Lipinski definition) is 0. The summed E-state index contributed by atoms with van der Waals surface area (Å²) in [5.74, 6) is -0.918. The molecule has 0 fully saturated rings. The molecule has 0 heterocycles. The fraction of sp³-hybridized carbons (Fsp3) is 0.304. The zero-order valence-corrected chi connectivity index (χ0v) is 18.3. The highest BCUT2D eigenvalue weighted by atomic mass is 32.2. The van der Waals surface area contributed by atoms with Gasteiger partial charge in [-0.3, -0.25) is 4.79 Å². The molecule has 0 bridgehead atoms. The highest BCUT2D eigenvalue weighted by Crippen LogP contribution is 2.16. The first kappa shape index (κ1) is 23.5. The fourth-order valence-corrected chi connectivity index (χ4v) is 4.28. The van der Waals surface area contributed by atoms with Gasteiger partial charge in [-0.15, -0.1) is 0 Å². The molecule has 0 aliphatic heterocycles. The second-order valence-corrected chi connectivity index (χ2v) is 8.51. The van der Waals surface area contributed by atoms with Crippen LogP contribution >= 0.6 is 0 Å². The minimum absolute atomic E-state index is 0.200. The number of sulfonamides is 1. The molecule has 0 aliphatic carbocycles. The number of esters is 1. The number of ether oxygens (including phenoxy) is 1. The van der Waals surface area contributed by atoms with Crippen LogP contribution in [0.3, 0.4) is 0 Å². The SMILES string of the molecule is CCc1ccc(C(=O)COC(=O)C=Cc2ccc(S(=O)(=O)N(CC)CC)cc2)cc1. The third-order valence-corrected chi connectivity index (χ3v) is 6.73. The Kier molecular flexibility index (Phi) is 8.50. The molecule has 30 heavy (non-hydrogen) atoms. The fourth-order valence-electron chi connectivity index (χ4n) is 2.82. The molecule has 0 N–H and O–H groups in total. The van der Waals surface area contributed by atoms with Crippen molar-refractivity contribution in [2.75, 3.05) is 19.7 Å².